The number of nitrogens with one attached hydrogen (secondary N) is 1. The zero-order valence-corrected chi connectivity index (χ0v) is 13.1. The van der Waals surface area contributed by atoms with E-state index < -0.39 is 5.97 Å². The molecule has 5 heteroatoms. The molecule has 2 aromatic carbocycles. The van der Waals surface area contributed by atoms with E-state index in [0.29, 0.717) is 0 Å². The minimum Gasteiger partial charge on any atom is -0.545 e. The van der Waals surface area contributed by atoms with Crippen LogP contribution in [0, 0.1) is 0 Å². The summed E-state index contributed by atoms with van der Waals surface area (Å²) in [6, 6.07) is 15.4. The molecular formula is C15H12NNaO3. The number of carbonyl (C=O) groups excluding carboxylic acids is 2. The van der Waals surface area contributed by atoms with Gasteiger partial charge in [0.05, 0.1) is 12.4 Å². The minimum atomic E-state index is -1.31. The van der Waals surface area contributed by atoms with Gasteiger partial charge in [0.1, 0.15) is 0 Å². The second-order valence-corrected chi connectivity index (χ2v) is 4.04. The molecule has 20 heavy (non-hydrogen) atoms. The average Bonchev–Trinajstić information content (AvgIpc) is 2.40. The van der Waals surface area contributed by atoms with Gasteiger partial charge in [0.2, 0.25) is 5.91 Å². The molecule has 96 valence electrons. The summed E-state index contributed by atoms with van der Waals surface area (Å²) in [6.45, 7) is 0. The number of benzene rings is 2. The number of para-hydroxylation sites is 1. The van der Waals surface area contributed by atoms with Crippen LogP contribution in [0.3, 0.4) is 0 Å². The zero-order valence-electron chi connectivity index (χ0n) is 11.1. The molecule has 2 aromatic rings. The number of carboxylic acid groups (broad SMARTS) is 1. The van der Waals surface area contributed by atoms with Crippen molar-refractivity contribution in [1.29, 1.82) is 0 Å². The number of hydrogen-bond acceptors (Lipinski definition) is 3. The van der Waals surface area contributed by atoms with E-state index in [-0.39, 0.29) is 53.1 Å². The Bertz CT molecular complexity index is 599. The molecule has 2 rings (SSSR count). The van der Waals surface area contributed by atoms with Crippen LogP contribution in [-0.2, 0) is 11.2 Å². The van der Waals surface area contributed by atoms with Crippen molar-refractivity contribution in [3.8, 4) is 0 Å². The SMILES string of the molecule is O=C(Cc1ccccc1)Nc1ccccc1C(=O)[O-].[Na+]. The Labute approximate surface area is 139 Å². The third kappa shape index (κ3) is 4.49. The number of rotatable bonds is 4. The van der Waals surface area contributed by atoms with Crippen LogP contribution in [0.15, 0.2) is 54.6 Å². The molecule has 0 atom stereocenters. The summed E-state index contributed by atoms with van der Waals surface area (Å²) in [5.74, 6) is -1.57. The molecule has 0 aliphatic heterocycles. The molecule has 1 N–H and O–H groups in total. The van der Waals surface area contributed by atoms with Gasteiger partial charge >= 0.3 is 29.6 Å². The van der Waals surface area contributed by atoms with Crippen LogP contribution in [0.25, 0.3) is 0 Å². The summed E-state index contributed by atoms with van der Waals surface area (Å²) in [6.07, 6.45) is 0.197. The standard InChI is InChI=1S/C15H13NO3.Na/c17-14(10-11-6-2-1-3-7-11)16-13-9-5-4-8-12(13)15(18)19;/h1-9H,10H2,(H,16,17)(H,18,19);/q;+1/p-1. The average molecular weight is 277 g/mol. The second-order valence-electron chi connectivity index (χ2n) is 4.04. The van der Waals surface area contributed by atoms with Crippen LogP contribution >= 0.6 is 0 Å². The molecule has 0 saturated heterocycles. The third-order valence-electron chi connectivity index (χ3n) is 2.63. The fourth-order valence-corrected chi connectivity index (χ4v) is 1.75. The Morgan fingerprint density at radius 3 is 2.20 bits per heavy atom. The second kappa shape index (κ2) is 7.85. The smallest absolute Gasteiger partial charge is 0.545 e. The summed E-state index contributed by atoms with van der Waals surface area (Å²) in [5.41, 5.74) is 1.10. The first-order chi connectivity index (χ1) is 9.16. The van der Waals surface area contributed by atoms with Gasteiger partial charge in [-0.1, -0.05) is 48.5 Å². The predicted octanol–water partition coefficient (Wildman–Crippen LogP) is -1.76. The van der Waals surface area contributed by atoms with Crippen LogP contribution in [0.4, 0.5) is 5.69 Å². The van der Waals surface area contributed by atoms with E-state index in [9.17, 15) is 14.7 Å². The van der Waals surface area contributed by atoms with Crippen LogP contribution in [-0.4, -0.2) is 11.9 Å². The maximum absolute atomic E-state index is 11.8. The van der Waals surface area contributed by atoms with Crippen LogP contribution in [0.5, 0.6) is 0 Å². The fourth-order valence-electron chi connectivity index (χ4n) is 1.75. The molecule has 0 aromatic heterocycles. The van der Waals surface area contributed by atoms with Crippen molar-refractivity contribution in [2.75, 3.05) is 5.32 Å². The Morgan fingerprint density at radius 2 is 1.55 bits per heavy atom. The van der Waals surface area contributed by atoms with Gasteiger partial charge in [0.25, 0.3) is 0 Å². The summed E-state index contributed by atoms with van der Waals surface area (Å²) in [7, 11) is 0. The van der Waals surface area contributed by atoms with E-state index in [1.54, 1.807) is 12.1 Å². The maximum atomic E-state index is 11.8. The first kappa shape index (κ1) is 16.4. The molecule has 0 radical (unpaired) electrons. The fraction of sp³-hybridized carbons (Fsp3) is 0.0667. The van der Waals surface area contributed by atoms with Crippen LogP contribution in [0.2, 0.25) is 0 Å². The molecule has 0 bridgehead atoms. The number of anilines is 1. The van der Waals surface area contributed by atoms with E-state index in [2.05, 4.69) is 5.32 Å². The summed E-state index contributed by atoms with van der Waals surface area (Å²) >= 11 is 0. The Morgan fingerprint density at radius 1 is 0.950 bits per heavy atom. The van der Waals surface area contributed by atoms with Gasteiger partial charge in [0, 0.05) is 11.3 Å². The Hall–Kier alpha value is -1.62. The maximum Gasteiger partial charge on any atom is 1.00 e. The van der Waals surface area contributed by atoms with E-state index in [0.717, 1.165) is 5.56 Å². The molecular weight excluding hydrogens is 265 g/mol. The number of carbonyl (C=O) groups is 2. The molecule has 1 amide bonds. The van der Waals surface area contributed by atoms with Crippen LogP contribution < -0.4 is 40.0 Å². The number of aromatic carboxylic acids is 1. The van der Waals surface area contributed by atoms with E-state index in [4.69, 9.17) is 0 Å². The molecule has 0 heterocycles. The Balaban J connectivity index is 0.00000200. The quantitative estimate of drug-likeness (QED) is 0.673. The third-order valence-corrected chi connectivity index (χ3v) is 2.63. The van der Waals surface area contributed by atoms with Crippen molar-refractivity contribution >= 4 is 17.6 Å². The molecule has 0 saturated carbocycles. The van der Waals surface area contributed by atoms with E-state index in [1.807, 2.05) is 30.3 Å². The predicted molar refractivity (Wildman–Crippen MR) is 69.5 cm³/mol. The van der Waals surface area contributed by atoms with Gasteiger partial charge in [-0.05, 0) is 11.6 Å². The van der Waals surface area contributed by atoms with Crippen molar-refractivity contribution in [1.82, 2.24) is 0 Å². The van der Waals surface area contributed by atoms with E-state index in [1.165, 1.54) is 12.1 Å². The summed E-state index contributed by atoms with van der Waals surface area (Å²) < 4.78 is 0. The van der Waals surface area contributed by atoms with Crippen LogP contribution in [0.1, 0.15) is 15.9 Å². The number of hydrogen-bond donors (Lipinski definition) is 1. The Kier molecular flexibility index (Phi) is 6.45. The molecule has 4 nitrogen and oxygen atoms in total. The van der Waals surface area contributed by atoms with Gasteiger partial charge < -0.3 is 15.2 Å². The first-order valence-electron chi connectivity index (χ1n) is 5.81. The van der Waals surface area contributed by atoms with Crippen molar-refractivity contribution < 1.29 is 44.3 Å². The van der Waals surface area contributed by atoms with Crippen molar-refractivity contribution in [3.05, 3.63) is 65.7 Å². The number of amides is 1. The molecule has 0 spiro atoms. The van der Waals surface area contributed by atoms with Crippen molar-refractivity contribution in [2.45, 2.75) is 6.42 Å². The minimum absolute atomic E-state index is 0. The van der Waals surface area contributed by atoms with Gasteiger partial charge in [-0.15, -0.1) is 0 Å². The van der Waals surface area contributed by atoms with Gasteiger partial charge in [-0.2, -0.15) is 0 Å². The van der Waals surface area contributed by atoms with Gasteiger partial charge in [0.15, 0.2) is 0 Å². The molecule has 0 unspecified atom stereocenters. The molecule has 0 aliphatic rings. The van der Waals surface area contributed by atoms with E-state index >= 15 is 0 Å². The monoisotopic (exact) mass is 277 g/mol. The zero-order chi connectivity index (χ0) is 13.7. The topological polar surface area (TPSA) is 69.2 Å². The summed E-state index contributed by atoms with van der Waals surface area (Å²) in [4.78, 5) is 22.7. The van der Waals surface area contributed by atoms with Crippen molar-refractivity contribution in [3.63, 3.8) is 0 Å². The largest absolute Gasteiger partial charge is 1.00 e. The molecule has 0 fully saturated rings. The molecule has 0 aliphatic carbocycles. The number of carboxylic acids is 1. The van der Waals surface area contributed by atoms with Gasteiger partial charge in [-0.25, -0.2) is 0 Å². The summed E-state index contributed by atoms with van der Waals surface area (Å²) in [5, 5.41) is 13.5. The van der Waals surface area contributed by atoms with Crippen molar-refractivity contribution in [2.24, 2.45) is 0 Å². The normalized spacial score (nSPS) is 9.40. The van der Waals surface area contributed by atoms with Gasteiger partial charge in [-0.3, -0.25) is 4.79 Å². The first-order valence-corrected chi connectivity index (χ1v) is 5.81.